The van der Waals surface area contributed by atoms with E-state index >= 15 is 0 Å². The Balaban J connectivity index is 1.82. The molecule has 0 saturated heterocycles. The Morgan fingerprint density at radius 1 is 1.33 bits per heavy atom. The molecule has 2 heterocycles. The normalized spacial score (nSPS) is 19.0. The predicted molar refractivity (Wildman–Crippen MR) is 103 cm³/mol. The largest absolute Gasteiger partial charge is 0.462 e. The van der Waals surface area contributed by atoms with Gasteiger partial charge in [0.25, 0.3) is 5.91 Å². The molecule has 0 spiro atoms. The third-order valence-electron chi connectivity index (χ3n) is 4.36. The first kappa shape index (κ1) is 19.0. The fourth-order valence-corrected chi connectivity index (χ4v) is 3.65. The van der Waals surface area contributed by atoms with Gasteiger partial charge in [0.1, 0.15) is 11.4 Å². The van der Waals surface area contributed by atoms with Crippen LogP contribution in [0.25, 0.3) is 0 Å². The summed E-state index contributed by atoms with van der Waals surface area (Å²) in [5.74, 6) is -0.667. The number of hydrogen-bond donors (Lipinski definition) is 2. The number of para-hydroxylation sites is 1. The van der Waals surface area contributed by atoms with E-state index in [9.17, 15) is 14.4 Å². The zero-order chi connectivity index (χ0) is 19.4. The number of esters is 1. The lowest BCUT2D eigenvalue weighted by atomic mass is 9.98. The lowest BCUT2D eigenvalue weighted by Gasteiger charge is -2.39. The Morgan fingerprint density at radius 2 is 2.07 bits per heavy atom. The molecule has 8 heteroatoms. The summed E-state index contributed by atoms with van der Waals surface area (Å²) in [7, 11) is 0. The molecule has 2 aliphatic heterocycles. The maximum Gasteiger partial charge on any atom is 0.345 e. The predicted octanol–water partition coefficient (Wildman–Crippen LogP) is 2.55. The van der Waals surface area contributed by atoms with Crippen LogP contribution in [0.4, 0.5) is 5.69 Å². The molecule has 0 radical (unpaired) electrons. The summed E-state index contributed by atoms with van der Waals surface area (Å²) < 4.78 is 7.95. The molecule has 1 aromatic carbocycles. The monoisotopic (exact) mass is 387 g/mol. The van der Waals surface area contributed by atoms with Crippen LogP contribution in [-0.4, -0.2) is 34.5 Å². The molecule has 0 saturated carbocycles. The molecule has 0 aromatic heterocycles. The first-order valence-electron chi connectivity index (χ1n) is 8.75. The SMILES string of the molecule is CCOC(=O)C1=CNC2=C(C(=O)SNc3ccccc3)CCC(C)N2C1=O. The van der Waals surface area contributed by atoms with Crippen molar-refractivity contribution in [1.82, 2.24) is 10.2 Å². The number of nitrogens with zero attached hydrogens (tertiary/aromatic N) is 1. The minimum absolute atomic E-state index is 0.0591. The molecule has 27 heavy (non-hydrogen) atoms. The second-order valence-electron chi connectivity index (χ2n) is 6.17. The van der Waals surface area contributed by atoms with E-state index in [2.05, 4.69) is 10.0 Å². The maximum absolute atomic E-state index is 12.8. The molecule has 1 amide bonds. The zero-order valence-corrected chi connectivity index (χ0v) is 16.0. The van der Waals surface area contributed by atoms with E-state index in [-0.39, 0.29) is 23.3 Å². The molecule has 142 valence electrons. The van der Waals surface area contributed by atoms with E-state index in [1.54, 1.807) is 6.92 Å². The summed E-state index contributed by atoms with van der Waals surface area (Å²) in [5.41, 5.74) is 1.28. The average Bonchev–Trinajstić information content (AvgIpc) is 2.67. The van der Waals surface area contributed by atoms with Crippen LogP contribution in [0.2, 0.25) is 0 Å². The molecule has 0 aliphatic carbocycles. The van der Waals surface area contributed by atoms with Crippen molar-refractivity contribution in [3.8, 4) is 0 Å². The number of rotatable bonds is 5. The van der Waals surface area contributed by atoms with Crippen molar-refractivity contribution in [1.29, 1.82) is 0 Å². The number of nitrogens with one attached hydrogen (secondary N) is 2. The Labute approximate surface area is 162 Å². The fraction of sp³-hybridized carbons (Fsp3) is 0.316. The maximum atomic E-state index is 12.8. The van der Waals surface area contributed by atoms with E-state index in [0.29, 0.717) is 24.2 Å². The molecular formula is C19H21N3O4S. The van der Waals surface area contributed by atoms with Gasteiger partial charge in [-0.3, -0.25) is 14.5 Å². The van der Waals surface area contributed by atoms with Gasteiger partial charge in [-0.2, -0.15) is 0 Å². The van der Waals surface area contributed by atoms with Gasteiger partial charge in [-0.05, 0) is 38.8 Å². The molecule has 0 bridgehead atoms. The molecule has 2 aliphatic rings. The van der Waals surface area contributed by atoms with Gasteiger partial charge < -0.3 is 14.8 Å². The molecule has 1 atom stereocenters. The number of hydrogen-bond acceptors (Lipinski definition) is 7. The number of carbonyl (C=O) groups excluding carboxylic acids is 3. The van der Waals surface area contributed by atoms with Crippen molar-refractivity contribution in [2.75, 3.05) is 11.3 Å². The summed E-state index contributed by atoms with van der Waals surface area (Å²) in [5, 5.41) is 2.79. The molecule has 7 nitrogen and oxygen atoms in total. The van der Waals surface area contributed by atoms with Gasteiger partial charge in [-0.1, -0.05) is 18.2 Å². The first-order valence-corrected chi connectivity index (χ1v) is 9.57. The van der Waals surface area contributed by atoms with E-state index in [4.69, 9.17) is 4.74 Å². The second-order valence-corrected chi connectivity index (χ2v) is 6.95. The van der Waals surface area contributed by atoms with Crippen LogP contribution in [-0.2, 0) is 19.1 Å². The standard InChI is InChI=1S/C19H21N3O4S/c1-3-26-18(24)15-11-20-16-14(10-9-12(2)22(16)17(15)23)19(25)27-21-13-7-5-4-6-8-13/h4-8,11-12,20-21H,3,9-10H2,1-2H3. The first-order chi connectivity index (χ1) is 13.0. The lowest BCUT2D eigenvalue weighted by molar-refractivity contribution is -0.142. The minimum atomic E-state index is -0.667. The molecular weight excluding hydrogens is 366 g/mol. The number of amides is 1. The van der Waals surface area contributed by atoms with Crippen LogP contribution in [0.15, 0.2) is 53.5 Å². The summed E-state index contributed by atoms with van der Waals surface area (Å²) in [6, 6.07) is 9.26. The van der Waals surface area contributed by atoms with Crippen molar-refractivity contribution in [2.45, 2.75) is 32.7 Å². The zero-order valence-electron chi connectivity index (χ0n) is 15.2. The quantitative estimate of drug-likeness (QED) is 0.456. The van der Waals surface area contributed by atoms with Crippen LogP contribution in [0.1, 0.15) is 26.7 Å². The Bertz CT molecular complexity index is 820. The van der Waals surface area contributed by atoms with Crippen molar-refractivity contribution < 1.29 is 19.1 Å². The Kier molecular flexibility index (Phi) is 5.85. The minimum Gasteiger partial charge on any atom is -0.462 e. The van der Waals surface area contributed by atoms with Crippen LogP contribution in [0.3, 0.4) is 0 Å². The van der Waals surface area contributed by atoms with Gasteiger partial charge in [-0.15, -0.1) is 0 Å². The molecule has 1 unspecified atom stereocenters. The molecule has 3 rings (SSSR count). The lowest BCUT2D eigenvalue weighted by Crippen LogP contribution is -2.50. The van der Waals surface area contributed by atoms with Gasteiger partial charge in [-0.25, -0.2) is 4.79 Å². The number of carbonyl (C=O) groups is 3. The Hall–Kier alpha value is -2.74. The highest BCUT2D eigenvalue weighted by Gasteiger charge is 2.39. The summed E-state index contributed by atoms with van der Waals surface area (Å²) in [6.45, 7) is 3.76. The highest BCUT2D eigenvalue weighted by atomic mass is 32.2. The van der Waals surface area contributed by atoms with Crippen molar-refractivity contribution in [3.63, 3.8) is 0 Å². The van der Waals surface area contributed by atoms with E-state index in [1.165, 1.54) is 11.1 Å². The third kappa shape index (κ3) is 4.00. The summed E-state index contributed by atoms with van der Waals surface area (Å²) >= 11 is 0.972. The number of anilines is 1. The summed E-state index contributed by atoms with van der Waals surface area (Å²) in [6.07, 6.45) is 2.52. The molecule has 2 N–H and O–H groups in total. The number of fused-ring (bicyclic) bond motifs is 1. The molecule has 0 fully saturated rings. The highest BCUT2D eigenvalue weighted by molar-refractivity contribution is 8.15. The smallest absolute Gasteiger partial charge is 0.345 e. The number of ether oxygens (including phenoxy) is 1. The average molecular weight is 387 g/mol. The van der Waals surface area contributed by atoms with Crippen molar-refractivity contribution in [3.05, 3.63) is 53.5 Å². The third-order valence-corrected chi connectivity index (χ3v) is 5.13. The van der Waals surface area contributed by atoms with Gasteiger partial charge in [0.05, 0.1) is 6.61 Å². The Morgan fingerprint density at radius 3 is 2.78 bits per heavy atom. The van der Waals surface area contributed by atoms with Crippen LogP contribution >= 0.6 is 11.9 Å². The van der Waals surface area contributed by atoms with Crippen LogP contribution < -0.4 is 10.0 Å². The second kappa shape index (κ2) is 8.30. The van der Waals surface area contributed by atoms with E-state index < -0.39 is 11.9 Å². The topological polar surface area (TPSA) is 87.7 Å². The van der Waals surface area contributed by atoms with Crippen LogP contribution in [0, 0.1) is 0 Å². The van der Waals surface area contributed by atoms with Gasteiger partial charge in [0.2, 0.25) is 5.12 Å². The number of benzene rings is 1. The van der Waals surface area contributed by atoms with Gasteiger partial charge >= 0.3 is 5.97 Å². The van der Waals surface area contributed by atoms with E-state index in [1.807, 2.05) is 37.3 Å². The van der Waals surface area contributed by atoms with Crippen molar-refractivity contribution in [2.24, 2.45) is 0 Å². The molecule has 1 aromatic rings. The highest BCUT2D eigenvalue weighted by Crippen LogP contribution is 2.32. The van der Waals surface area contributed by atoms with Gasteiger partial charge in [0, 0.05) is 35.5 Å². The van der Waals surface area contributed by atoms with Crippen LogP contribution in [0.5, 0.6) is 0 Å². The van der Waals surface area contributed by atoms with Gasteiger partial charge in [0.15, 0.2) is 0 Å². The van der Waals surface area contributed by atoms with E-state index in [0.717, 1.165) is 17.6 Å². The summed E-state index contributed by atoms with van der Waals surface area (Å²) in [4.78, 5) is 39.0. The fourth-order valence-electron chi connectivity index (χ4n) is 2.98. The van der Waals surface area contributed by atoms with Crippen molar-refractivity contribution >= 4 is 34.6 Å².